The summed E-state index contributed by atoms with van der Waals surface area (Å²) in [5.74, 6) is -2.60. The first-order valence-electron chi connectivity index (χ1n) is 2.64. The van der Waals surface area contributed by atoms with Crippen LogP contribution in [0.4, 0.5) is 8.78 Å². The van der Waals surface area contributed by atoms with Crippen LogP contribution >= 0.6 is 15.9 Å². The van der Waals surface area contributed by atoms with Crippen molar-refractivity contribution >= 4 is 15.9 Å². The molecule has 0 saturated heterocycles. The topological polar surface area (TPSA) is 9.23 Å². The number of halogens is 3. The van der Waals surface area contributed by atoms with Crippen LogP contribution in [0.3, 0.4) is 0 Å². The first-order valence-corrected chi connectivity index (χ1v) is 3.43. The summed E-state index contributed by atoms with van der Waals surface area (Å²) in [5, 5.41) is 0. The molecule has 0 heterocycles. The van der Waals surface area contributed by atoms with E-state index < -0.39 is 11.7 Å². The van der Waals surface area contributed by atoms with Crippen LogP contribution in [0.2, 0.25) is 0 Å². The molecule has 1 nitrogen and oxygen atoms in total. The molecule has 0 saturated carbocycles. The lowest BCUT2D eigenvalue weighted by Gasteiger charge is -2.01. The molecule has 0 radical (unpaired) electrons. The molecular formula is C7H7BrF2O. The van der Waals surface area contributed by atoms with Crippen LogP contribution in [0.1, 0.15) is 0 Å². The van der Waals surface area contributed by atoms with Crippen molar-refractivity contribution < 1.29 is 13.5 Å². The van der Waals surface area contributed by atoms with E-state index in [-0.39, 0.29) is 10.2 Å². The molecule has 0 fully saturated rings. The van der Waals surface area contributed by atoms with Crippen LogP contribution in [0.25, 0.3) is 0 Å². The molecular weight excluding hydrogens is 218 g/mol. The summed E-state index contributed by atoms with van der Waals surface area (Å²) in [4.78, 5) is 0. The second-order valence-corrected chi connectivity index (χ2v) is 2.62. The highest BCUT2D eigenvalue weighted by Gasteiger charge is 2.11. The minimum Gasteiger partial charge on any atom is -0.494 e. The third kappa shape index (κ3) is 2.84. The second kappa shape index (κ2) is 4.28. The summed E-state index contributed by atoms with van der Waals surface area (Å²) in [6.45, 7) is 6.26. The Hall–Kier alpha value is -0.640. The van der Waals surface area contributed by atoms with Crippen molar-refractivity contribution in [1.29, 1.82) is 0 Å². The fourth-order valence-electron chi connectivity index (χ4n) is 0.331. The number of hydrogen-bond donors (Lipinski definition) is 0. The molecule has 0 N–H and O–H groups in total. The smallest absolute Gasteiger partial charge is 0.201 e. The van der Waals surface area contributed by atoms with E-state index >= 15 is 0 Å². The van der Waals surface area contributed by atoms with E-state index in [1.54, 1.807) is 0 Å². The zero-order chi connectivity index (χ0) is 9.02. The molecule has 11 heavy (non-hydrogen) atoms. The zero-order valence-corrected chi connectivity index (χ0v) is 7.54. The maximum Gasteiger partial charge on any atom is 0.201 e. The van der Waals surface area contributed by atoms with Crippen LogP contribution in [0.5, 0.6) is 0 Å². The van der Waals surface area contributed by atoms with E-state index in [0.29, 0.717) is 0 Å². The Balaban J connectivity index is 4.66. The summed E-state index contributed by atoms with van der Waals surface area (Å²) in [5.41, 5.74) is 0. The van der Waals surface area contributed by atoms with Crippen molar-refractivity contribution in [3.8, 4) is 0 Å². The summed E-state index contributed by atoms with van der Waals surface area (Å²) in [6.07, 6.45) is 0. The molecule has 4 heteroatoms. The van der Waals surface area contributed by atoms with Crippen LogP contribution in [-0.4, -0.2) is 7.11 Å². The van der Waals surface area contributed by atoms with E-state index in [0.717, 1.165) is 0 Å². The lowest BCUT2D eigenvalue weighted by molar-refractivity contribution is 0.281. The normalized spacial score (nSPS) is 12.0. The van der Waals surface area contributed by atoms with Crippen molar-refractivity contribution in [2.24, 2.45) is 0 Å². The van der Waals surface area contributed by atoms with Crippen LogP contribution in [0.15, 0.2) is 35.1 Å². The Morgan fingerprint density at radius 2 is 1.73 bits per heavy atom. The molecule has 0 rings (SSSR count). The van der Waals surface area contributed by atoms with Gasteiger partial charge in [0.2, 0.25) is 5.83 Å². The number of allylic oxidation sites excluding steroid dienone is 3. The maximum atomic E-state index is 12.6. The van der Waals surface area contributed by atoms with Gasteiger partial charge in [-0.05, 0) is 15.9 Å². The number of ether oxygens (including phenoxy) is 1. The second-order valence-electron chi connectivity index (χ2n) is 1.66. The summed E-state index contributed by atoms with van der Waals surface area (Å²) >= 11 is 2.67. The van der Waals surface area contributed by atoms with Gasteiger partial charge in [0.15, 0.2) is 5.83 Å². The van der Waals surface area contributed by atoms with Crippen molar-refractivity contribution in [1.82, 2.24) is 0 Å². The van der Waals surface area contributed by atoms with Crippen molar-refractivity contribution in [2.75, 3.05) is 7.11 Å². The molecule has 0 aliphatic heterocycles. The van der Waals surface area contributed by atoms with Gasteiger partial charge in [0.1, 0.15) is 5.76 Å². The van der Waals surface area contributed by atoms with E-state index in [2.05, 4.69) is 33.8 Å². The molecule has 0 aliphatic carbocycles. The first kappa shape index (κ1) is 10.4. The molecule has 0 aliphatic rings. The molecule has 0 bridgehead atoms. The van der Waals surface area contributed by atoms with Crippen molar-refractivity contribution in [2.45, 2.75) is 0 Å². The average molecular weight is 225 g/mol. The van der Waals surface area contributed by atoms with Gasteiger partial charge in [-0.2, -0.15) is 4.39 Å². The number of hydrogen-bond acceptors (Lipinski definition) is 1. The summed E-state index contributed by atoms with van der Waals surface area (Å²) < 4.78 is 29.4. The van der Waals surface area contributed by atoms with Crippen LogP contribution in [0, 0.1) is 0 Å². The molecule has 62 valence electrons. The Labute approximate surface area is 72.2 Å². The predicted molar refractivity (Wildman–Crippen MR) is 43.5 cm³/mol. The minimum atomic E-state index is -1.14. The zero-order valence-electron chi connectivity index (χ0n) is 5.96. The summed E-state index contributed by atoms with van der Waals surface area (Å²) in [7, 11) is 1.20. The monoisotopic (exact) mass is 224 g/mol. The van der Waals surface area contributed by atoms with Gasteiger partial charge in [-0.1, -0.05) is 13.2 Å². The van der Waals surface area contributed by atoms with Gasteiger partial charge in [-0.3, -0.25) is 0 Å². The van der Waals surface area contributed by atoms with E-state index in [1.165, 1.54) is 7.11 Å². The standard InChI is InChI=1S/C7H7BrF2O/c1-4(8)6(9)7(10)5(2)11-3/h1-2H2,3H3/b7-6-. The molecule has 0 aromatic rings. The van der Waals surface area contributed by atoms with Crippen molar-refractivity contribution in [3.63, 3.8) is 0 Å². The molecule has 0 aromatic heterocycles. The lowest BCUT2D eigenvalue weighted by atomic mass is 10.4. The lowest BCUT2D eigenvalue weighted by Crippen LogP contribution is -1.88. The fraction of sp³-hybridized carbons (Fsp3) is 0.143. The third-order valence-electron chi connectivity index (χ3n) is 0.922. The SMILES string of the molecule is C=C(Br)/C(F)=C(/F)C(=C)OC. The highest BCUT2D eigenvalue weighted by Crippen LogP contribution is 2.24. The third-order valence-corrected chi connectivity index (χ3v) is 1.27. The van der Waals surface area contributed by atoms with Gasteiger partial charge < -0.3 is 4.74 Å². The van der Waals surface area contributed by atoms with Gasteiger partial charge in [-0.25, -0.2) is 4.39 Å². The fourth-order valence-corrected chi connectivity index (χ4v) is 0.505. The Morgan fingerprint density at radius 1 is 1.27 bits per heavy atom. The highest BCUT2D eigenvalue weighted by atomic mass is 79.9. The number of rotatable bonds is 3. The Kier molecular flexibility index (Phi) is 4.03. The van der Waals surface area contributed by atoms with E-state index in [9.17, 15) is 8.78 Å². The van der Waals surface area contributed by atoms with Crippen LogP contribution in [-0.2, 0) is 4.74 Å². The maximum absolute atomic E-state index is 12.6. The quantitative estimate of drug-likeness (QED) is 0.529. The molecule has 0 unspecified atom stereocenters. The predicted octanol–water partition coefficient (Wildman–Crippen LogP) is 3.21. The van der Waals surface area contributed by atoms with Gasteiger partial charge in [0.05, 0.1) is 7.11 Å². The molecule has 0 spiro atoms. The highest BCUT2D eigenvalue weighted by molar-refractivity contribution is 9.11. The Bertz CT molecular complexity index is 220. The van der Waals surface area contributed by atoms with Gasteiger partial charge in [-0.15, -0.1) is 0 Å². The average Bonchev–Trinajstić information content (AvgIpc) is 2.00. The van der Waals surface area contributed by atoms with E-state index in [4.69, 9.17) is 0 Å². The first-order chi connectivity index (χ1) is 5.00. The van der Waals surface area contributed by atoms with Gasteiger partial charge in [0, 0.05) is 4.48 Å². The summed E-state index contributed by atoms with van der Waals surface area (Å²) in [6, 6.07) is 0. The number of methoxy groups -OCH3 is 1. The van der Waals surface area contributed by atoms with Gasteiger partial charge in [0.25, 0.3) is 0 Å². The molecule has 0 aromatic carbocycles. The van der Waals surface area contributed by atoms with Crippen LogP contribution < -0.4 is 0 Å². The molecule has 0 atom stereocenters. The Morgan fingerprint density at radius 3 is 2.00 bits per heavy atom. The van der Waals surface area contributed by atoms with Crippen molar-refractivity contribution in [3.05, 3.63) is 35.1 Å². The van der Waals surface area contributed by atoms with Gasteiger partial charge >= 0.3 is 0 Å². The minimum absolute atomic E-state index is 0.173. The molecule has 0 amide bonds. The largest absolute Gasteiger partial charge is 0.494 e. The van der Waals surface area contributed by atoms with E-state index in [1.807, 2.05) is 0 Å².